The maximum atomic E-state index is 11.5. The van der Waals surface area contributed by atoms with Gasteiger partial charge >= 0.3 is 0 Å². The quantitative estimate of drug-likeness (QED) is 0.895. The van der Waals surface area contributed by atoms with Gasteiger partial charge in [0.05, 0.1) is 11.5 Å². The minimum Gasteiger partial charge on any atom is -0.362 e. The molecule has 2 rings (SSSR count). The molecule has 0 amide bonds. The molecule has 0 aliphatic carbocycles. The Morgan fingerprint density at radius 2 is 2.37 bits per heavy atom. The average molecular weight is 303 g/mol. The monoisotopic (exact) mass is 303 g/mol. The first kappa shape index (κ1) is 14.7. The van der Waals surface area contributed by atoms with E-state index in [9.17, 15) is 8.42 Å². The third-order valence-electron chi connectivity index (χ3n) is 3.25. The molecule has 0 bridgehead atoms. The fourth-order valence-electron chi connectivity index (χ4n) is 2.16. The molecule has 0 aromatic carbocycles. The van der Waals surface area contributed by atoms with Crippen molar-refractivity contribution in [2.75, 3.05) is 29.9 Å². The first-order valence-corrected chi connectivity index (χ1v) is 9.27. The van der Waals surface area contributed by atoms with Crippen LogP contribution in [0.25, 0.3) is 0 Å². The van der Waals surface area contributed by atoms with Gasteiger partial charge in [-0.2, -0.15) is 0 Å². The predicted octanol–water partition coefficient (Wildman–Crippen LogP) is 1.58. The first-order chi connectivity index (χ1) is 9.00. The van der Waals surface area contributed by atoms with Crippen LogP contribution in [-0.2, 0) is 16.4 Å². The second-order valence-corrected chi connectivity index (χ2v) is 8.34. The molecule has 1 fully saturated rings. The van der Waals surface area contributed by atoms with Gasteiger partial charge in [-0.15, -0.1) is 11.3 Å². The molecule has 0 spiro atoms. The Morgan fingerprint density at radius 1 is 1.58 bits per heavy atom. The normalized spacial score (nSPS) is 23.4. The summed E-state index contributed by atoms with van der Waals surface area (Å²) >= 11 is 1.66. The Bertz CT molecular complexity index is 513. The summed E-state index contributed by atoms with van der Waals surface area (Å²) in [7, 11) is -2.83. The molecule has 7 heteroatoms. The number of sulfone groups is 1. The molecule has 0 radical (unpaired) electrons. The predicted molar refractivity (Wildman–Crippen MR) is 79.4 cm³/mol. The van der Waals surface area contributed by atoms with Gasteiger partial charge in [0, 0.05) is 36.8 Å². The van der Waals surface area contributed by atoms with Crippen LogP contribution >= 0.6 is 11.3 Å². The van der Waals surface area contributed by atoms with Gasteiger partial charge in [0.1, 0.15) is 0 Å². The number of nitrogens with zero attached hydrogens (tertiary/aromatic N) is 2. The van der Waals surface area contributed by atoms with E-state index in [1.54, 1.807) is 11.3 Å². The maximum absolute atomic E-state index is 11.5. The Kier molecular flexibility index (Phi) is 4.81. The van der Waals surface area contributed by atoms with Crippen molar-refractivity contribution in [2.24, 2.45) is 0 Å². The van der Waals surface area contributed by atoms with Crippen LogP contribution in [0, 0.1) is 0 Å². The molecule has 1 atom stereocenters. The molecule has 1 saturated heterocycles. The number of hydrogen-bond acceptors (Lipinski definition) is 6. The van der Waals surface area contributed by atoms with E-state index in [4.69, 9.17) is 0 Å². The molecule has 1 aliphatic rings. The van der Waals surface area contributed by atoms with Crippen molar-refractivity contribution in [3.05, 3.63) is 11.1 Å². The summed E-state index contributed by atoms with van der Waals surface area (Å²) < 4.78 is 23.1. The van der Waals surface area contributed by atoms with E-state index in [0.29, 0.717) is 6.54 Å². The van der Waals surface area contributed by atoms with Gasteiger partial charge < -0.3 is 5.32 Å². The molecule has 19 heavy (non-hydrogen) atoms. The number of anilines is 1. The molecular weight excluding hydrogens is 282 g/mol. The number of hydrogen-bond donors (Lipinski definition) is 1. The Hall–Kier alpha value is -0.660. The zero-order valence-corrected chi connectivity index (χ0v) is 13.1. The Labute approximate surface area is 119 Å². The van der Waals surface area contributed by atoms with Crippen LogP contribution < -0.4 is 5.32 Å². The van der Waals surface area contributed by atoms with Gasteiger partial charge in [0.15, 0.2) is 15.0 Å². The van der Waals surface area contributed by atoms with Gasteiger partial charge in [-0.3, -0.25) is 4.90 Å². The van der Waals surface area contributed by atoms with Crippen LogP contribution in [-0.4, -0.2) is 48.9 Å². The highest BCUT2D eigenvalue weighted by Crippen LogP contribution is 2.22. The van der Waals surface area contributed by atoms with E-state index in [-0.39, 0.29) is 17.5 Å². The lowest BCUT2D eigenvalue weighted by atomic mass is 10.3. The summed E-state index contributed by atoms with van der Waals surface area (Å²) in [5, 5.41) is 4.22. The van der Waals surface area contributed by atoms with Crippen LogP contribution in [0.15, 0.2) is 6.20 Å². The second kappa shape index (κ2) is 6.19. The minimum absolute atomic E-state index is 0.0906. The van der Waals surface area contributed by atoms with Gasteiger partial charge in [-0.25, -0.2) is 13.4 Å². The molecule has 2 heterocycles. The summed E-state index contributed by atoms with van der Waals surface area (Å²) in [6.45, 7) is 6.46. The molecule has 108 valence electrons. The molecule has 1 N–H and O–H groups in total. The lowest BCUT2D eigenvalue weighted by Gasteiger charge is -2.32. The molecule has 1 aliphatic heterocycles. The Morgan fingerprint density at radius 3 is 3.05 bits per heavy atom. The smallest absolute Gasteiger partial charge is 0.182 e. The standard InChI is InChI=1S/C12H21N3O2S2/c1-3-4-13-12-14-7-11(18-12)8-15-5-6-19(16,17)9-10(15)2/h7,10H,3-6,8-9H2,1-2H3,(H,13,14). The first-order valence-electron chi connectivity index (χ1n) is 6.63. The van der Waals surface area contributed by atoms with Crippen molar-refractivity contribution < 1.29 is 8.42 Å². The highest BCUT2D eigenvalue weighted by Gasteiger charge is 2.28. The van der Waals surface area contributed by atoms with Gasteiger partial charge in [-0.05, 0) is 13.3 Å². The van der Waals surface area contributed by atoms with Crippen molar-refractivity contribution in [1.82, 2.24) is 9.88 Å². The fourth-order valence-corrected chi connectivity index (χ4v) is 4.65. The van der Waals surface area contributed by atoms with E-state index < -0.39 is 9.84 Å². The summed E-state index contributed by atoms with van der Waals surface area (Å²) in [5.41, 5.74) is 0. The van der Waals surface area contributed by atoms with Crippen LogP contribution in [0.1, 0.15) is 25.1 Å². The number of nitrogens with one attached hydrogen (secondary N) is 1. The van der Waals surface area contributed by atoms with E-state index in [1.165, 1.54) is 4.88 Å². The van der Waals surface area contributed by atoms with E-state index in [0.717, 1.165) is 24.6 Å². The number of rotatable bonds is 5. The minimum atomic E-state index is -2.83. The van der Waals surface area contributed by atoms with Crippen LogP contribution in [0.4, 0.5) is 5.13 Å². The van der Waals surface area contributed by atoms with Crippen LogP contribution in [0.5, 0.6) is 0 Å². The van der Waals surface area contributed by atoms with Crippen molar-refractivity contribution >= 4 is 26.3 Å². The molecular formula is C12H21N3O2S2. The van der Waals surface area contributed by atoms with E-state index >= 15 is 0 Å². The maximum Gasteiger partial charge on any atom is 0.182 e. The highest BCUT2D eigenvalue weighted by atomic mass is 32.2. The lowest BCUT2D eigenvalue weighted by molar-refractivity contribution is 0.220. The molecule has 1 aromatic heterocycles. The third-order valence-corrected chi connectivity index (χ3v) is 5.98. The van der Waals surface area contributed by atoms with Gasteiger partial charge in [-0.1, -0.05) is 6.92 Å². The van der Waals surface area contributed by atoms with E-state index in [1.807, 2.05) is 13.1 Å². The molecule has 1 aromatic rings. The fraction of sp³-hybridized carbons (Fsp3) is 0.750. The van der Waals surface area contributed by atoms with Crippen molar-refractivity contribution in [3.8, 4) is 0 Å². The summed E-state index contributed by atoms with van der Waals surface area (Å²) in [6, 6.07) is 0.0906. The zero-order valence-electron chi connectivity index (χ0n) is 11.4. The average Bonchev–Trinajstić information content (AvgIpc) is 2.77. The number of thiazole rings is 1. The lowest BCUT2D eigenvalue weighted by Crippen LogP contribution is -2.46. The number of aromatic nitrogens is 1. The largest absolute Gasteiger partial charge is 0.362 e. The molecule has 1 unspecified atom stereocenters. The second-order valence-electron chi connectivity index (χ2n) is 4.99. The molecule has 5 nitrogen and oxygen atoms in total. The molecule has 0 saturated carbocycles. The van der Waals surface area contributed by atoms with Crippen molar-refractivity contribution in [1.29, 1.82) is 0 Å². The van der Waals surface area contributed by atoms with Gasteiger partial charge in [0.25, 0.3) is 0 Å². The highest BCUT2D eigenvalue weighted by molar-refractivity contribution is 7.91. The SMILES string of the molecule is CCCNc1ncc(CN2CCS(=O)(=O)CC2C)s1. The summed E-state index contributed by atoms with van der Waals surface area (Å²) in [6.07, 6.45) is 2.97. The zero-order chi connectivity index (χ0) is 13.9. The topological polar surface area (TPSA) is 62.3 Å². The van der Waals surface area contributed by atoms with Crippen LogP contribution in [0.2, 0.25) is 0 Å². The Balaban J connectivity index is 1.92. The third kappa shape index (κ3) is 4.15. The van der Waals surface area contributed by atoms with Crippen LogP contribution in [0.3, 0.4) is 0 Å². The van der Waals surface area contributed by atoms with E-state index in [2.05, 4.69) is 22.1 Å². The summed E-state index contributed by atoms with van der Waals surface area (Å²) in [5.74, 6) is 0.545. The summed E-state index contributed by atoms with van der Waals surface area (Å²) in [4.78, 5) is 7.74. The van der Waals surface area contributed by atoms with Crippen molar-refractivity contribution in [2.45, 2.75) is 32.9 Å². The van der Waals surface area contributed by atoms with Gasteiger partial charge in [0.2, 0.25) is 0 Å². The van der Waals surface area contributed by atoms with Crippen molar-refractivity contribution in [3.63, 3.8) is 0 Å².